The molecule has 0 spiro atoms. The van der Waals surface area contributed by atoms with Crippen LogP contribution in [0, 0.1) is 19.7 Å². The molecule has 0 bridgehead atoms. The summed E-state index contributed by atoms with van der Waals surface area (Å²) in [6.07, 6.45) is 0.0146. The van der Waals surface area contributed by atoms with Crippen molar-refractivity contribution in [3.63, 3.8) is 0 Å². The summed E-state index contributed by atoms with van der Waals surface area (Å²) in [5.41, 5.74) is 4.19. The van der Waals surface area contributed by atoms with E-state index in [2.05, 4.69) is 5.32 Å². The number of benzene rings is 3. The van der Waals surface area contributed by atoms with Gasteiger partial charge in [0.05, 0.1) is 17.4 Å². The second kappa shape index (κ2) is 8.90. The fourth-order valence-corrected chi connectivity index (χ4v) is 3.67. The molecule has 0 atom stereocenters. The highest BCUT2D eigenvalue weighted by Gasteiger charge is 2.40. The van der Waals surface area contributed by atoms with Gasteiger partial charge in [0.2, 0.25) is 0 Å². The average molecular weight is 445 g/mol. The molecule has 1 aliphatic rings. The smallest absolute Gasteiger partial charge is 0.282 e. The van der Waals surface area contributed by atoms with Crippen LogP contribution < -0.4 is 15.0 Å². The zero-order valence-electron chi connectivity index (χ0n) is 19.0. The van der Waals surface area contributed by atoms with E-state index in [-0.39, 0.29) is 17.4 Å². The summed E-state index contributed by atoms with van der Waals surface area (Å²) in [4.78, 5) is 28.0. The second-order valence-electron chi connectivity index (χ2n) is 8.29. The number of aryl methyl sites for hydroxylation is 2. The lowest BCUT2D eigenvalue weighted by molar-refractivity contribution is -0.120. The van der Waals surface area contributed by atoms with Crippen molar-refractivity contribution >= 4 is 28.8 Å². The Morgan fingerprint density at radius 3 is 2.12 bits per heavy atom. The molecule has 168 valence electrons. The number of anilines is 2. The number of carbonyl (C=O) groups is 2. The summed E-state index contributed by atoms with van der Waals surface area (Å²) in [7, 11) is 0. The van der Waals surface area contributed by atoms with Gasteiger partial charge >= 0.3 is 0 Å². The molecule has 0 saturated heterocycles. The molecule has 0 fully saturated rings. The first-order valence-corrected chi connectivity index (χ1v) is 10.7. The minimum atomic E-state index is -0.498. The number of rotatable bonds is 6. The van der Waals surface area contributed by atoms with Gasteiger partial charge in [0, 0.05) is 5.69 Å². The maximum atomic E-state index is 13.5. The van der Waals surface area contributed by atoms with Crippen LogP contribution >= 0.6 is 0 Å². The fraction of sp³-hybridized carbons (Fsp3) is 0.185. The van der Waals surface area contributed by atoms with E-state index in [1.807, 2.05) is 45.9 Å². The van der Waals surface area contributed by atoms with Crippen molar-refractivity contribution in [1.82, 2.24) is 0 Å². The molecule has 3 aromatic rings. The van der Waals surface area contributed by atoms with Gasteiger partial charge in [-0.05, 0) is 92.9 Å². The molecule has 0 aliphatic carbocycles. The Labute approximate surface area is 192 Å². The lowest BCUT2D eigenvalue weighted by Crippen LogP contribution is -2.32. The van der Waals surface area contributed by atoms with E-state index in [4.69, 9.17) is 4.74 Å². The number of nitrogens with one attached hydrogen (secondary N) is 1. The lowest BCUT2D eigenvalue weighted by Gasteiger charge is -2.15. The number of imide groups is 1. The van der Waals surface area contributed by atoms with Gasteiger partial charge in [-0.2, -0.15) is 0 Å². The molecule has 0 aromatic heterocycles. The van der Waals surface area contributed by atoms with Crippen molar-refractivity contribution in [1.29, 1.82) is 0 Å². The van der Waals surface area contributed by atoms with E-state index < -0.39 is 17.6 Å². The lowest BCUT2D eigenvalue weighted by atomic mass is 10.0. The first-order chi connectivity index (χ1) is 15.7. The summed E-state index contributed by atoms with van der Waals surface area (Å²) >= 11 is 0. The Balaban J connectivity index is 1.78. The van der Waals surface area contributed by atoms with Crippen LogP contribution in [0.1, 0.15) is 30.5 Å². The highest BCUT2D eigenvalue weighted by molar-refractivity contribution is 6.46. The van der Waals surface area contributed by atoms with E-state index in [0.717, 1.165) is 16.0 Å². The Kier molecular flexibility index (Phi) is 6.01. The highest BCUT2D eigenvalue weighted by Crippen LogP contribution is 2.34. The SMILES string of the molecule is Cc1ccc(NC2=C(c3ccc(OC(C)C)cc3)C(=O)N(c3ccc(F)cc3)C2=O)cc1C. The van der Waals surface area contributed by atoms with Gasteiger partial charge in [0.15, 0.2) is 0 Å². The van der Waals surface area contributed by atoms with Crippen LogP contribution in [0.15, 0.2) is 72.4 Å². The second-order valence-corrected chi connectivity index (χ2v) is 8.29. The largest absolute Gasteiger partial charge is 0.491 e. The van der Waals surface area contributed by atoms with Crippen molar-refractivity contribution in [2.75, 3.05) is 10.2 Å². The summed E-state index contributed by atoms with van der Waals surface area (Å²) in [5, 5.41) is 3.16. The molecule has 1 N–H and O–H groups in total. The maximum Gasteiger partial charge on any atom is 0.282 e. The van der Waals surface area contributed by atoms with Crippen molar-refractivity contribution in [3.05, 3.63) is 94.9 Å². The van der Waals surface area contributed by atoms with Crippen LogP contribution in [0.3, 0.4) is 0 Å². The third-order valence-electron chi connectivity index (χ3n) is 5.46. The summed E-state index contributed by atoms with van der Waals surface area (Å²) in [6, 6.07) is 18.1. The molecule has 33 heavy (non-hydrogen) atoms. The molecule has 3 aromatic carbocycles. The molecule has 0 unspecified atom stereocenters. The van der Waals surface area contributed by atoms with Crippen molar-refractivity contribution in [2.24, 2.45) is 0 Å². The van der Waals surface area contributed by atoms with Gasteiger partial charge in [0.1, 0.15) is 17.3 Å². The zero-order chi connectivity index (χ0) is 23.7. The predicted octanol–water partition coefficient (Wildman–Crippen LogP) is 5.63. The molecule has 5 nitrogen and oxygen atoms in total. The quantitative estimate of drug-likeness (QED) is 0.501. The fourth-order valence-electron chi connectivity index (χ4n) is 3.67. The third-order valence-corrected chi connectivity index (χ3v) is 5.46. The summed E-state index contributed by atoms with van der Waals surface area (Å²) < 4.78 is 19.1. The van der Waals surface area contributed by atoms with E-state index in [9.17, 15) is 14.0 Å². The third kappa shape index (κ3) is 4.51. The Morgan fingerprint density at radius 1 is 0.848 bits per heavy atom. The summed E-state index contributed by atoms with van der Waals surface area (Å²) in [5.74, 6) is -0.747. The minimum absolute atomic E-state index is 0.0146. The molecule has 0 saturated carbocycles. The molecular formula is C27H25FN2O3. The van der Waals surface area contributed by atoms with Crippen LogP contribution in [-0.4, -0.2) is 17.9 Å². The number of hydrogen-bond donors (Lipinski definition) is 1. The molecule has 6 heteroatoms. The van der Waals surface area contributed by atoms with Crippen molar-refractivity contribution < 1.29 is 18.7 Å². The molecule has 4 rings (SSSR count). The van der Waals surface area contributed by atoms with E-state index >= 15 is 0 Å². The highest BCUT2D eigenvalue weighted by atomic mass is 19.1. The van der Waals surface area contributed by atoms with Crippen molar-refractivity contribution in [2.45, 2.75) is 33.8 Å². The van der Waals surface area contributed by atoms with Crippen molar-refractivity contribution in [3.8, 4) is 5.75 Å². The van der Waals surface area contributed by atoms with E-state index in [1.54, 1.807) is 24.3 Å². The van der Waals surface area contributed by atoms with Crippen LogP contribution in [-0.2, 0) is 9.59 Å². The number of ether oxygens (including phenoxy) is 1. The monoisotopic (exact) mass is 444 g/mol. The van der Waals surface area contributed by atoms with Gasteiger partial charge in [-0.1, -0.05) is 18.2 Å². The Bertz CT molecular complexity index is 1250. The first-order valence-electron chi connectivity index (χ1n) is 10.7. The number of amides is 2. The average Bonchev–Trinajstić information content (AvgIpc) is 3.01. The van der Waals surface area contributed by atoms with Gasteiger partial charge in [-0.25, -0.2) is 9.29 Å². The zero-order valence-corrected chi connectivity index (χ0v) is 19.0. The van der Waals surface area contributed by atoms with Gasteiger partial charge < -0.3 is 10.1 Å². The van der Waals surface area contributed by atoms with Crippen LogP contribution in [0.4, 0.5) is 15.8 Å². The normalized spacial score (nSPS) is 13.8. The Morgan fingerprint density at radius 2 is 1.52 bits per heavy atom. The predicted molar refractivity (Wildman–Crippen MR) is 128 cm³/mol. The maximum absolute atomic E-state index is 13.5. The number of hydrogen-bond acceptors (Lipinski definition) is 4. The van der Waals surface area contributed by atoms with E-state index in [1.165, 1.54) is 24.3 Å². The number of halogens is 1. The standard InChI is InChI=1S/C27H25FN2O3/c1-16(2)33-23-13-6-19(7-14-23)24-25(29-21-10-5-17(3)18(4)15-21)27(32)30(26(24)31)22-11-8-20(28)9-12-22/h5-16,29H,1-4H3. The minimum Gasteiger partial charge on any atom is -0.491 e. The molecule has 1 aliphatic heterocycles. The first kappa shape index (κ1) is 22.3. The Hall–Kier alpha value is -3.93. The van der Waals surface area contributed by atoms with Crippen LogP contribution in [0.25, 0.3) is 5.57 Å². The van der Waals surface area contributed by atoms with Crippen LogP contribution in [0.5, 0.6) is 5.75 Å². The molecular weight excluding hydrogens is 419 g/mol. The van der Waals surface area contributed by atoms with Gasteiger partial charge in [0.25, 0.3) is 11.8 Å². The number of carbonyl (C=O) groups excluding carboxylic acids is 2. The van der Waals surface area contributed by atoms with Gasteiger partial charge in [-0.3, -0.25) is 9.59 Å². The number of nitrogens with zero attached hydrogens (tertiary/aromatic N) is 1. The van der Waals surface area contributed by atoms with Crippen LogP contribution in [0.2, 0.25) is 0 Å². The topological polar surface area (TPSA) is 58.6 Å². The molecule has 2 amide bonds. The molecule has 0 radical (unpaired) electrons. The van der Waals surface area contributed by atoms with Gasteiger partial charge in [-0.15, -0.1) is 0 Å². The van der Waals surface area contributed by atoms with E-state index in [0.29, 0.717) is 22.7 Å². The summed E-state index contributed by atoms with van der Waals surface area (Å²) in [6.45, 7) is 7.85. The molecule has 1 heterocycles.